The van der Waals surface area contributed by atoms with Gasteiger partial charge in [-0.2, -0.15) is 0 Å². The van der Waals surface area contributed by atoms with Crippen LogP contribution in [0.15, 0.2) is 48.5 Å². The maximum atomic E-state index is 12.1. The predicted molar refractivity (Wildman–Crippen MR) is 93.2 cm³/mol. The van der Waals surface area contributed by atoms with E-state index in [2.05, 4.69) is 11.4 Å². The number of benzene rings is 2. The monoisotopic (exact) mass is 340 g/mol. The fourth-order valence-electron chi connectivity index (χ4n) is 3.18. The number of carbonyl (C=O) groups excluding carboxylic acids is 1. The fourth-order valence-corrected chi connectivity index (χ4v) is 3.18. The summed E-state index contributed by atoms with van der Waals surface area (Å²) in [4.78, 5) is 22.3. The molecule has 3 rings (SSSR count). The van der Waals surface area contributed by atoms with Crippen molar-refractivity contribution < 1.29 is 14.8 Å². The molecule has 6 heteroatoms. The van der Waals surface area contributed by atoms with Crippen molar-refractivity contribution in [2.75, 3.05) is 6.54 Å². The lowest BCUT2D eigenvalue weighted by Crippen LogP contribution is -2.47. The van der Waals surface area contributed by atoms with E-state index < -0.39 is 10.5 Å². The Bertz CT molecular complexity index is 788. The van der Waals surface area contributed by atoms with Gasteiger partial charge in [0.1, 0.15) is 0 Å². The molecule has 1 unspecified atom stereocenters. The topological polar surface area (TPSA) is 92.5 Å². The summed E-state index contributed by atoms with van der Waals surface area (Å²) in [6, 6.07) is 13.9. The number of rotatable bonds is 5. The molecule has 25 heavy (non-hydrogen) atoms. The highest BCUT2D eigenvalue weighted by Gasteiger charge is 2.32. The first-order valence-corrected chi connectivity index (χ1v) is 8.24. The second kappa shape index (κ2) is 7.03. The van der Waals surface area contributed by atoms with E-state index in [4.69, 9.17) is 0 Å². The molecule has 0 aliphatic heterocycles. The van der Waals surface area contributed by atoms with E-state index in [-0.39, 0.29) is 24.6 Å². The van der Waals surface area contributed by atoms with Crippen molar-refractivity contribution in [3.63, 3.8) is 0 Å². The lowest BCUT2D eigenvalue weighted by atomic mass is 9.80. The van der Waals surface area contributed by atoms with Gasteiger partial charge in [0, 0.05) is 25.1 Å². The Morgan fingerprint density at radius 3 is 2.52 bits per heavy atom. The molecular formula is C19H20N2O4. The van der Waals surface area contributed by atoms with Gasteiger partial charge in [0.05, 0.1) is 16.9 Å². The molecule has 0 fully saturated rings. The van der Waals surface area contributed by atoms with Gasteiger partial charge in [-0.3, -0.25) is 14.9 Å². The van der Waals surface area contributed by atoms with Gasteiger partial charge in [0.2, 0.25) is 5.91 Å². The van der Waals surface area contributed by atoms with Gasteiger partial charge in [-0.15, -0.1) is 0 Å². The Morgan fingerprint density at radius 1 is 1.16 bits per heavy atom. The van der Waals surface area contributed by atoms with Crippen molar-refractivity contribution in [3.8, 4) is 0 Å². The zero-order valence-electron chi connectivity index (χ0n) is 13.8. The van der Waals surface area contributed by atoms with Gasteiger partial charge in [-0.05, 0) is 29.5 Å². The molecule has 0 spiro atoms. The summed E-state index contributed by atoms with van der Waals surface area (Å²) in [7, 11) is 0. The lowest BCUT2D eigenvalue weighted by Gasteiger charge is -2.33. The molecule has 0 saturated heterocycles. The minimum absolute atomic E-state index is 0.000611. The van der Waals surface area contributed by atoms with E-state index in [1.54, 1.807) is 12.1 Å². The predicted octanol–water partition coefficient (Wildman–Crippen LogP) is 2.17. The summed E-state index contributed by atoms with van der Waals surface area (Å²) in [6.45, 7) is 0.202. The molecule has 0 heterocycles. The first-order valence-electron chi connectivity index (χ1n) is 8.24. The third-order valence-corrected chi connectivity index (χ3v) is 4.62. The average Bonchev–Trinajstić information content (AvgIpc) is 2.60. The first kappa shape index (κ1) is 17.1. The van der Waals surface area contributed by atoms with Gasteiger partial charge < -0.3 is 10.4 Å². The number of amides is 1. The van der Waals surface area contributed by atoms with Crippen LogP contribution < -0.4 is 5.32 Å². The molecule has 130 valence electrons. The minimum atomic E-state index is -0.931. The number of hydrogen-bond acceptors (Lipinski definition) is 4. The molecule has 2 aromatic rings. The van der Waals surface area contributed by atoms with E-state index in [0.29, 0.717) is 18.4 Å². The number of fused-ring (bicyclic) bond motifs is 1. The van der Waals surface area contributed by atoms with Gasteiger partial charge in [0.25, 0.3) is 5.69 Å². The molecule has 2 aromatic carbocycles. The molecule has 0 saturated carbocycles. The summed E-state index contributed by atoms with van der Waals surface area (Å²) in [5.41, 5.74) is 2.15. The Balaban J connectivity index is 1.54. The van der Waals surface area contributed by atoms with Crippen LogP contribution in [0.4, 0.5) is 5.69 Å². The lowest BCUT2D eigenvalue weighted by molar-refractivity contribution is -0.384. The van der Waals surface area contributed by atoms with Crippen LogP contribution in [0.1, 0.15) is 23.1 Å². The summed E-state index contributed by atoms with van der Waals surface area (Å²) < 4.78 is 0. The second-order valence-corrected chi connectivity index (χ2v) is 6.55. The summed E-state index contributed by atoms with van der Waals surface area (Å²) >= 11 is 0. The second-order valence-electron chi connectivity index (χ2n) is 6.55. The summed E-state index contributed by atoms with van der Waals surface area (Å²) in [5, 5.41) is 24.2. The Hall–Kier alpha value is -2.73. The van der Waals surface area contributed by atoms with Crippen molar-refractivity contribution in [2.24, 2.45) is 0 Å². The van der Waals surface area contributed by atoms with Crippen LogP contribution in [-0.2, 0) is 24.1 Å². The summed E-state index contributed by atoms with van der Waals surface area (Å²) in [5.74, 6) is -0.207. The molecule has 0 aromatic heterocycles. The molecule has 1 aliphatic carbocycles. The minimum Gasteiger partial charge on any atom is -0.388 e. The van der Waals surface area contributed by atoms with Gasteiger partial charge in [-0.1, -0.05) is 36.4 Å². The number of nitro groups is 1. The van der Waals surface area contributed by atoms with E-state index >= 15 is 0 Å². The van der Waals surface area contributed by atoms with Crippen molar-refractivity contribution in [2.45, 2.75) is 31.3 Å². The normalized spacial score (nSPS) is 19.1. The van der Waals surface area contributed by atoms with Crippen LogP contribution in [0, 0.1) is 10.1 Å². The van der Waals surface area contributed by atoms with Crippen molar-refractivity contribution in [1.82, 2.24) is 5.32 Å². The molecule has 1 amide bonds. The number of nitrogens with zero attached hydrogens (tertiary/aromatic N) is 1. The number of nitrogens with one attached hydrogen (secondary N) is 1. The van der Waals surface area contributed by atoms with Gasteiger partial charge >= 0.3 is 0 Å². The number of hydrogen-bond donors (Lipinski definition) is 2. The maximum absolute atomic E-state index is 12.1. The maximum Gasteiger partial charge on any atom is 0.269 e. The smallest absolute Gasteiger partial charge is 0.269 e. The largest absolute Gasteiger partial charge is 0.388 e. The first-order chi connectivity index (χ1) is 12.0. The zero-order chi connectivity index (χ0) is 17.9. The Morgan fingerprint density at radius 2 is 1.84 bits per heavy atom. The average molecular weight is 340 g/mol. The molecule has 6 nitrogen and oxygen atoms in total. The number of non-ortho nitro benzene ring substituents is 1. The number of aliphatic hydroxyl groups is 1. The standard InChI is InChI=1S/C19H20N2O4/c22-18(11-14-5-7-17(8-6-14)21(24)25)20-13-19(23)10-9-15-3-1-2-4-16(15)12-19/h1-8,23H,9-13H2,(H,20,22). The molecular weight excluding hydrogens is 320 g/mol. The van der Waals surface area contributed by atoms with Crippen molar-refractivity contribution in [3.05, 3.63) is 75.3 Å². The highest BCUT2D eigenvalue weighted by Crippen LogP contribution is 2.28. The van der Waals surface area contributed by atoms with E-state index in [1.165, 1.54) is 17.7 Å². The van der Waals surface area contributed by atoms with Crippen LogP contribution in [0.25, 0.3) is 0 Å². The molecule has 1 atom stereocenters. The van der Waals surface area contributed by atoms with Crippen LogP contribution in [0.3, 0.4) is 0 Å². The van der Waals surface area contributed by atoms with E-state index in [9.17, 15) is 20.0 Å². The molecule has 0 bridgehead atoms. The van der Waals surface area contributed by atoms with Crippen molar-refractivity contribution >= 4 is 11.6 Å². The number of aryl methyl sites for hydroxylation is 1. The molecule has 0 radical (unpaired) electrons. The van der Waals surface area contributed by atoms with Crippen LogP contribution in [-0.4, -0.2) is 28.1 Å². The van der Waals surface area contributed by atoms with Gasteiger partial charge in [0.15, 0.2) is 0 Å². The quantitative estimate of drug-likeness (QED) is 0.644. The number of nitro benzene ring substituents is 1. The third kappa shape index (κ3) is 4.22. The van der Waals surface area contributed by atoms with E-state index in [1.807, 2.05) is 18.2 Å². The highest BCUT2D eigenvalue weighted by atomic mass is 16.6. The SMILES string of the molecule is O=C(Cc1ccc([N+](=O)[O-])cc1)NCC1(O)CCc2ccccc2C1. The van der Waals surface area contributed by atoms with Crippen molar-refractivity contribution in [1.29, 1.82) is 0 Å². The fraction of sp³-hybridized carbons (Fsp3) is 0.316. The van der Waals surface area contributed by atoms with E-state index in [0.717, 1.165) is 12.0 Å². The van der Waals surface area contributed by atoms with Crippen LogP contribution >= 0.6 is 0 Å². The van der Waals surface area contributed by atoms with Crippen LogP contribution in [0.2, 0.25) is 0 Å². The Labute approximate surface area is 145 Å². The van der Waals surface area contributed by atoms with Crippen LogP contribution in [0.5, 0.6) is 0 Å². The van der Waals surface area contributed by atoms with Gasteiger partial charge in [-0.25, -0.2) is 0 Å². The number of carbonyl (C=O) groups is 1. The zero-order valence-corrected chi connectivity index (χ0v) is 13.8. The molecule has 2 N–H and O–H groups in total. The highest BCUT2D eigenvalue weighted by molar-refractivity contribution is 5.78. The Kier molecular flexibility index (Phi) is 4.81. The summed E-state index contributed by atoms with van der Waals surface area (Å²) in [6.07, 6.45) is 2.07. The molecule has 1 aliphatic rings. The third-order valence-electron chi connectivity index (χ3n) is 4.62.